The monoisotopic (exact) mass is 180 g/mol. The molecule has 2 atom stereocenters. The van der Waals surface area contributed by atoms with Gasteiger partial charge in [0, 0.05) is 0 Å². The Morgan fingerprint density at radius 1 is 1.31 bits per heavy atom. The molecule has 1 fully saturated rings. The summed E-state index contributed by atoms with van der Waals surface area (Å²) in [5, 5.41) is 5.02. The van der Waals surface area contributed by atoms with E-state index in [2.05, 4.69) is 10.6 Å². The van der Waals surface area contributed by atoms with E-state index in [-0.39, 0.29) is 18.0 Å². The number of urea groups is 1. The van der Waals surface area contributed by atoms with Crippen LogP contribution in [0, 0.1) is 5.41 Å². The number of fused-ring (bicyclic) bond motifs is 1. The third-order valence-corrected chi connectivity index (χ3v) is 3.36. The molecule has 4 heteroatoms. The second kappa shape index (κ2) is 2.13. The molecule has 0 bridgehead atoms. The average molecular weight is 180 g/mol. The number of carbonyl (C=O) groups is 2. The van der Waals surface area contributed by atoms with E-state index in [1.807, 2.05) is 20.8 Å². The van der Waals surface area contributed by atoms with Crippen LogP contribution in [0.1, 0.15) is 20.8 Å². The fourth-order valence-corrected chi connectivity index (χ4v) is 2.15. The van der Waals surface area contributed by atoms with Crippen molar-refractivity contribution in [1.82, 2.24) is 10.6 Å². The summed E-state index contributed by atoms with van der Waals surface area (Å²) < 4.78 is 0. The summed E-state index contributed by atoms with van der Waals surface area (Å²) in [6, 6.07) is -0.493. The van der Waals surface area contributed by atoms with Crippen molar-refractivity contribution in [1.29, 1.82) is 0 Å². The number of imide groups is 1. The lowest BCUT2D eigenvalue weighted by Gasteiger charge is -2.50. The minimum absolute atomic E-state index is 0.103. The third-order valence-electron chi connectivity index (χ3n) is 3.36. The summed E-state index contributed by atoms with van der Waals surface area (Å²) in [5.41, 5.74) is 1.65. The highest BCUT2D eigenvalue weighted by Gasteiger charge is 2.55. The first kappa shape index (κ1) is 8.29. The van der Waals surface area contributed by atoms with Gasteiger partial charge in [-0.15, -0.1) is 0 Å². The van der Waals surface area contributed by atoms with E-state index >= 15 is 0 Å². The Hall–Kier alpha value is -1.32. The molecule has 2 rings (SSSR count). The third kappa shape index (κ3) is 0.753. The highest BCUT2D eigenvalue weighted by atomic mass is 16.2. The molecule has 0 aromatic rings. The second-order valence-corrected chi connectivity index (χ2v) is 3.87. The van der Waals surface area contributed by atoms with Gasteiger partial charge in [-0.05, 0) is 26.3 Å². The molecule has 4 nitrogen and oxygen atoms in total. The molecule has 0 saturated carbocycles. The molecule has 0 spiro atoms. The molecule has 0 aromatic carbocycles. The molecule has 0 aromatic heterocycles. The summed E-state index contributed by atoms with van der Waals surface area (Å²) in [6.07, 6.45) is 0. The zero-order chi connectivity index (χ0) is 9.80. The minimum atomic E-state index is -0.516. The van der Waals surface area contributed by atoms with E-state index in [9.17, 15) is 9.59 Å². The Bertz CT molecular complexity index is 346. The first-order valence-corrected chi connectivity index (χ1v) is 4.27. The molecule has 1 heterocycles. The first-order valence-electron chi connectivity index (χ1n) is 4.27. The van der Waals surface area contributed by atoms with Gasteiger partial charge in [-0.2, -0.15) is 0 Å². The Morgan fingerprint density at radius 2 is 1.92 bits per heavy atom. The van der Waals surface area contributed by atoms with Crippen LogP contribution < -0.4 is 10.6 Å². The van der Waals surface area contributed by atoms with Crippen LogP contribution in [0.25, 0.3) is 0 Å². The number of hydrogen-bond acceptors (Lipinski definition) is 2. The highest BCUT2D eigenvalue weighted by Crippen LogP contribution is 2.47. The highest BCUT2D eigenvalue weighted by molar-refractivity contribution is 6.04. The van der Waals surface area contributed by atoms with Gasteiger partial charge in [-0.3, -0.25) is 10.1 Å². The molecule has 2 unspecified atom stereocenters. The molecule has 0 radical (unpaired) electrons. The first-order chi connectivity index (χ1) is 5.98. The predicted octanol–water partition coefficient (Wildman–Crippen LogP) is 0.551. The second-order valence-electron chi connectivity index (χ2n) is 3.87. The van der Waals surface area contributed by atoms with Crippen LogP contribution >= 0.6 is 0 Å². The zero-order valence-corrected chi connectivity index (χ0v) is 7.89. The Labute approximate surface area is 76.4 Å². The van der Waals surface area contributed by atoms with Crippen molar-refractivity contribution in [2.75, 3.05) is 0 Å². The lowest BCUT2D eigenvalue weighted by molar-refractivity contribution is -0.130. The lowest BCUT2D eigenvalue weighted by atomic mass is 9.60. The van der Waals surface area contributed by atoms with Crippen molar-refractivity contribution < 1.29 is 9.59 Å². The number of carbonyl (C=O) groups excluding carboxylic acids is 2. The van der Waals surface area contributed by atoms with Gasteiger partial charge in [0.1, 0.15) is 0 Å². The maximum atomic E-state index is 11.5. The van der Waals surface area contributed by atoms with Crippen LogP contribution in [0.3, 0.4) is 0 Å². The van der Waals surface area contributed by atoms with Crippen molar-refractivity contribution in [3.05, 3.63) is 11.1 Å². The Balaban J connectivity index is 2.44. The normalized spacial score (nSPS) is 37.6. The lowest BCUT2D eigenvalue weighted by Crippen LogP contribution is -2.68. The number of amides is 3. The molecule has 2 N–H and O–H groups in total. The van der Waals surface area contributed by atoms with Gasteiger partial charge in [0.2, 0.25) is 5.91 Å². The summed E-state index contributed by atoms with van der Waals surface area (Å²) in [4.78, 5) is 22.5. The number of rotatable bonds is 0. The van der Waals surface area contributed by atoms with Crippen LogP contribution in [0.2, 0.25) is 0 Å². The summed E-state index contributed by atoms with van der Waals surface area (Å²) >= 11 is 0. The van der Waals surface area contributed by atoms with Crippen LogP contribution in [0.5, 0.6) is 0 Å². The van der Waals surface area contributed by atoms with E-state index in [0.717, 1.165) is 11.1 Å². The van der Waals surface area contributed by atoms with Crippen molar-refractivity contribution in [3.63, 3.8) is 0 Å². The van der Waals surface area contributed by atoms with Gasteiger partial charge < -0.3 is 5.32 Å². The van der Waals surface area contributed by atoms with E-state index in [1.54, 1.807) is 0 Å². The van der Waals surface area contributed by atoms with E-state index in [0.29, 0.717) is 0 Å². The summed E-state index contributed by atoms with van der Waals surface area (Å²) in [5.74, 6) is -0.190. The number of hydrogen-bond donors (Lipinski definition) is 2. The number of nitrogens with one attached hydrogen (secondary N) is 2. The molecular weight excluding hydrogens is 168 g/mol. The van der Waals surface area contributed by atoms with E-state index in [1.165, 1.54) is 0 Å². The predicted molar refractivity (Wildman–Crippen MR) is 46.9 cm³/mol. The van der Waals surface area contributed by atoms with Crippen LogP contribution in [-0.4, -0.2) is 18.0 Å². The van der Waals surface area contributed by atoms with Crippen molar-refractivity contribution >= 4 is 11.9 Å². The van der Waals surface area contributed by atoms with Gasteiger partial charge in [-0.25, -0.2) is 4.79 Å². The average Bonchev–Trinajstić information content (AvgIpc) is 2.10. The van der Waals surface area contributed by atoms with Gasteiger partial charge >= 0.3 is 6.03 Å². The minimum Gasteiger partial charge on any atom is -0.330 e. The molecule has 1 aliphatic carbocycles. The van der Waals surface area contributed by atoms with E-state index < -0.39 is 5.41 Å². The van der Waals surface area contributed by atoms with Crippen molar-refractivity contribution in [3.8, 4) is 0 Å². The van der Waals surface area contributed by atoms with Gasteiger partial charge in [0.05, 0.1) is 11.5 Å². The van der Waals surface area contributed by atoms with Crippen molar-refractivity contribution in [2.24, 2.45) is 5.41 Å². The van der Waals surface area contributed by atoms with E-state index in [4.69, 9.17) is 0 Å². The van der Waals surface area contributed by atoms with Crippen LogP contribution in [0.4, 0.5) is 4.79 Å². The molecule has 1 saturated heterocycles. The van der Waals surface area contributed by atoms with Crippen LogP contribution in [-0.2, 0) is 4.79 Å². The van der Waals surface area contributed by atoms with Gasteiger partial charge in [0.25, 0.3) is 0 Å². The summed E-state index contributed by atoms with van der Waals surface area (Å²) in [6.45, 7) is 5.73. The molecular formula is C9H12N2O2. The maximum absolute atomic E-state index is 11.5. The van der Waals surface area contributed by atoms with Gasteiger partial charge in [0.15, 0.2) is 0 Å². The molecule has 3 amide bonds. The maximum Gasteiger partial charge on any atom is 0.321 e. The smallest absolute Gasteiger partial charge is 0.321 e. The molecule has 1 aliphatic heterocycles. The summed E-state index contributed by atoms with van der Waals surface area (Å²) in [7, 11) is 0. The largest absolute Gasteiger partial charge is 0.330 e. The standard InChI is InChI=1S/C9H12N2O2/c1-4-5(2)9(3)6(4)10-8(13)11-7(9)12/h6H,1-3H3,(H2,10,11,12,13). The molecule has 13 heavy (non-hydrogen) atoms. The van der Waals surface area contributed by atoms with Gasteiger partial charge in [-0.1, -0.05) is 5.57 Å². The molecule has 2 aliphatic rings. The Morgan fingerprint density at radius 3 is 2.54 bits per heavy atom. The zero-order valence-electron chi connectivity index (χ0n) is 7.89. The molecule has 70 valence electrons. The fourth-order valence-electron chi connectivity index (χ4n) is 2.15. The quantitative estimate of drug-likeness (QED) is 0.535. The Kier molecular flexibility index (Phi) is 1.36. The van der Waals surface area contributed by atoms with Crippen molar-refractivity contribution in [2.45, 2.75) is 26.8 Å². The van der Waals surface area contributed by atoms with Crippen LogP contribution in [0.15, 0.2) is 11.1 Å². The topological polar surface area (TPSA) is 58.2 Å². The fraction of sp³-hybridized carbons (Fsp3) is 0.556. The SMILES string of the molecule is CC1=C(C)C2(C)C(=O)NC(=O)NC12.